The molecule has 2 unspecified atom stereocenters. The average Bonchev–Trinajstić information content (AvgIpc) is 3.12. The summed E-state index contributed by atoms with van der Waals surface area (Å²) in [6.45, 7) is 5.88. The molecule has 4 rings (SSSR count). The number of Topliss-reactive ketones (excluding diaryl/α,β-unsaturated/α-hetero) is 2. The Morgan fingerprint density at radius 2 is 1.12 bits per heavy atom. The van der Waals surface area contributed by atoms with Crippen LogP contribution in [0.2, 0.25) is 0 Å². The summed E-state index contributed by atoms with van der Waals surface area (Å²) in [7, 11) is -9.59. The third-order valence-electron chi connectivity index (χ3n) is 7.28. The van der Waals surface area contributed by atoms with Crippen molar-refractivity contribution in [2.45, 2.75) is 49.6 Å². The number of azo groups is 2. The number of ketones is 2. The van der Waals surface area contributed by atoms with Crippen molar-refractivity contribution in [1.82, 2.24) is 0 Å². The maximum Gasteiger partial charge on any atom is 2.00 e. The molecule has 0 aliphatic rings. The van der Waals surface area contributed by atoms with Crippen LogP contribution in [0.25, 0.3) is 0 Å². The van der Waals surface area contributed by atoms with E-state index in [0.717, 1.165) is 49.2 Å². The summed E-state index contributed by atoms with van der Waals surface area (Å²) in [5.74, 6) is -3.07. The van der Waals surface area contributed by atoms with Crippen molar-refractivity contribution in [3.63, 3.8) is 0 Å². The van der Waals surface area contributed by atoms with E-state index in [4.69, 9.17) is 4.55 Å². The number of nitrogens with zero attached hydrogens (tertiary/aromatic N) is 7. The van der Waals surface area contributed by atoms with Crippen molar-refractivity contribution in [2.75, 3.05) is 5.32 Å². The summed E-state index contributed by atoms with van der Waals surface area (Å²) < 4.78 is 64.4. The SMILES string of the molecule is CC(=O)C(N=Nc1ccc(S(=O)(=O)O)cc1[N+](=O)[O-])C(=O)Nc1ccc(C)cc1.CC(=O)C(N=Nc1ccc(S(=O)(=O)[O-])cc1[N+](=O)[O-])C([O-])=Nc1ccc(C)cc1.[Ca+2]. The maximum atomic E-state index is 12.3. The summed E-state index contributed by atoms with van der Waals surface area (Å²) in [5.41, 5.74) is 0.194. The maximum absolute atomic E-state index is 12.3. The molecule has 0 spiro atoms. The minimum Gasteiger partial charge on any atom is -0.860 e. The zero-order valence-electron chi connectivity index (χ0n) is 31.1. The Hall–Kier alpha value is -5.76. The second-order valence-electron chi connectivity index (χ2n) is 11.8. The molecular formula is C34H30CaN8O14S2. The first-order valence-electron chi connectivity index (χ1n) is 16.0. The molecule has 0 aliphatic heterocycles. The number of amides is 1. The van der Waals surface area contributed by atoms with Crippen LogP contribution in [0.15, 0.2) is 120 Å². The Labute approximate surface area is 365 Å². The number of benzene rings is 4. The third kappa shape index (κ3) is 14.8. The number of hydrogen-bond donors (Lipinski definition) is 2. The topological polar surface area (TPSA) is 346 Å². The molecule has 4 aromatic carbocycles. The minimum absolute atomic E-state index is 0. The molecule has 2 N–H and O–H groups in total. The van der Waals surface area contributed by atoms with Gasteiger partial charge in [-0.05, 0) is 82.1 Å². The molecule has 1 amide bonds. The Kier molecular flexibility index (Phi) is 17.8. The van der Waals surface area contributed by atoms with Gasteiger partial charge in [-0.1, -0.05) is 35.4 Å². The van der Waals surface area contributed by atoms with Crippen LogP contribution < -0.4 is 10.4 Å². The largest absolute Gasteiger partial charge is 2.00 e. The van der Waals surface area contributed by atoms with E-state index in [1.807, 2.05) is 13.8 Å². The fraction of sp³-hybridized carbons (Fsp3) is 0.176. The second kappa shape index (κ2) is 21.3. The van der Waals surface area contributed by atoms with Crippen LogP contribution in [0.5, 0.6) is 0 Å². The Morgan fingerprint density at radius 3 is 1.54 bits per heavy atom. The van der Waals surface area contributed by atoms with Gasteiger partial charge in [0.25, 0.3) is 27.4 Å². The molecule has 0 bridgehead atoms. The predicted molar refractivity (Wildman–Crippen MR) is 206 cm³/mol. The monoisotopic (exact) mass is 878 g/mol. The van der Waals surface area contributed by atoms with E-state index in [0.29, 0.717) is 17.8 Å². The van der Waals surface area contributed by atoms with Gasteiger partial charge in [-0.3, -0.25) is 44.2 Å². The summed E-state index contributed by atoms with van der Waals surface area (Å²) >= 11 is 0. The normalized spacial score (nSPS) is 12.7. The summed E-state index contributed by atoms with van der Waals surface area (Å²) in [6.07, 6.45) is 0. The first-order valence-corrected chi connectivity index (χ1v) is 18.9. The minimum atomic E-state index is -4.92. The number of anilines is 1. The molecule has 25 heteroatoms. The number of carbonyl (C=O) groups is 3. The van der Waals surface area contributed by atoms with Gasteiger partial charge < -0.3 is 15.0 Å². The number of aliphatic imine (C=N–C) groups is 1. The second-order valence-corrected chi connectivity index (χ2v) is 14.6. The smallest absolute Gasteiger partial charge is 0.860 e. The van der Waals surface area contributed by atoms with Crippen LogP contribution in [-0.4, -0.2) is 109 Å². The molecule has 0 fully saturated rings. The number of rotatable bonds is 14. The van der Waals surface area contributed by atoms with E-state index in [-0.39, 0.29) is 43.4 Å². The van der Waals surface area contributed by atoms with Gasteiger partial charge in [0.15, 0.2) is 29.0 Å². The Morgan fingerprint density at radius 1 is 0.695 bits per heavy atom. The van der Waals surface area contributed by atoms with Crippen molar-refractivity contribution in [3.8, 4) is 0 Å². The molecule has 59 heavy (non-hydrogen) atoms. The van der Waals surface area contributed by atoms with Crippen molar-refractivity contribution >= 4 is 115 Å². The van der Waals surface area contributed by atoms with Crippen LogP contribution in [0, 0.1) is 34.1 Å². The number of nitro groups is 2. The van der Waals surface area contributed by atoms with E-state index >= 15 is 0 Å². The van der Waals surface area contributed by atoms with Gasteiger partial charge in [0.05, 0.1) is 20.4 Å². The Bertz CT molecular complexity index is 2570. The fourth-order valence-electron chi connectivity index (χ4n) is 4.30. The third-order valence-corrected chi connectivity index (χ3v) is 8.96. The molecule has 0 heterocycles. The van der Waals surface area contributed by atoms with Crippen LogP contribution in [0.1, 0.15) is 25.0 Å². The van der Waals surface area contributed by atoms with Crippen molar-refractivity contribution in [1.29, 1.82) is 0 Å². The van der Waals surface area contributed by atoms with Gasteiger partial charge in [0, 0.05) is 17.8 Å². The molecule has 0 saturated carbocycles. The fourth-order valence-corrected chi connectivity index (χ4v) is 5.29. The summed E-state index contributed by atoms with van der Waals surface area (Å²) in [5, 5.41) is 51.3. The van der Waals surface area contributed by atoms with E-state index < -0.39 is 98.1 Å². The molecule has 0 saturated heterocycles. The van der Waals surface area contributed by atoms with E-state index in [1.54, 1.807) is 48.5 Å². The number of nitrogens with one attached hydrogen (secondary N) is 1. The quantitative estimate of drug-likeness (QED) is 0.0259. The molecule has 304 valence electrons. The van der Waals surface area contributed by atoms with Gasteiger partial charge in [0.1, 0.15) is 15.0 Å². The van der Waals surface area contributed by atoms with Crippen molar-refractivity contribution in [3.05, 3.63) is 116 Å². The standard InChI is InChI=1S/2C17H16N4O7S.Ca/c2*1-10-3-5-12(6-4-10)18-17(23)16(11(2)22)20-19-14-8-7-13(29(26,27)28)9-15(14)21(24)25;/h2*3-9,16H,1-2H3,(H,18,23)(H,26,27,28);/q;;+2/p-2. The molecular weight excluding hydrogens is 849 g/mol. The van der Waals surface area contributed by atoms with Gasteiger partial charge in [-0.25, -0.2) is 8.42 Å². The van der Waals surface area contributed by atoms with Gasteiger partial charge in [-0.2, -0.15) is 18.6 Å². The first-order chi connectivity index (χ1) is 27.0. The summed E-state index contributed by atoms with van der Waals surface area (Å²) in [4.78, 5) is 58.5. The van der Waals surface area contributed by atoms with E-state index in [2.05, 4.69) is 30.8 Å². The number of nitro benzene ring substituents is 2. The average molecular weight is 879 g/mol. The predicted octanol–water partition coefficient (Wildman–Crippen LogP) is 4.39. The van der Waals surface area contributed by atoms with Gasteiger partial charge >= 0.3 is 37.7 Å². The zero-order valence-corrected chi connectivity index (χ0v) is 35.0. The van der Waals surface area contributed by atoms with E-state index in [9.17, 15) is 61.1 Å². The molecule has 0 aliphatic carbocycles. The molecule has 22 nitrogen and oxygen atoms in total. The van der Waals surface area contributed by atoms with Crippen LogP contribution in [-0.2, 0) is 34.6 Å². The van der Waals surface area contributed by atoms with E-state index in [1.165, 1.54) is 0 Å². The number of aryl methyl sites for hydroxylation is 2. The van der Waals surface area contributed by atoms with Crippen molar-refractivity contribution < 1.29 is 55.3 Å². The molecule has 0 aromatic heterocycles. The first kappa shape index (κ1) is 49.4. The molecule has 2 atom stereocenters. The Balaban J connectivity index is 0.000000400. The number of carbonyl (C=O) groups excluding carboxylic acids is 3. The zero-order chi connectivity index (χ0) is 43.5. The van der Waals surface area contributed by atoms with Crippen LogP contribution >= 0.6 is 0 Å². The van der Waals surface area contributed by atoms with Crippen LogP contribution in [0.3, 0.4) is 0 Å². The van der Waals surface area contributed by atoms with Gasteiger partial charge in [0.2, 0.25) is 6.04 Å². The number of hydrogen-bond acceptors (Lipinski definition) is 18. The van der Waals surface area contributed by atoms with Crippen molar-refractivity contribution in [2.24, 2.45) is 25.4 Å². The van der Waals surface area contributed by atoms with Gasteiger partial charge in [-0.15, -0.1) is 10.2 Å². The molecule has 0 radical (unpaired) electrons. The molecule has 4 aromatic rings. The summed E-state index contributed by atoms with van der Waals surface area (Å²) in [6, 6.07) is 14.7. The van der Waals surface area contributed by atoms with Crippen LogP contribution in [0.4, 0.5) is 34.1 Å².